The summed E-state index contributed by atoms with van der Waals surface area (Å²) in [6.07, 6.45) is 4.28. The summed E-state index contributed by atoms with van der Waals surface area (Å²) in [5.74, 6) is -0.343. The number of piperidine rings is 2. The minimum Gasteiger partial charge on any atom is -0.481 e. The molecule has 0 radical (unpaired) electrons. The van der Waals surface area contributed by atoms with Crippen LogP contribution in [0.25, 0.3) is 0 Å². The maximum absolute atomic E-state index is 12.8. The molecule has 3 rings (SSSR count). The molecule has 3 fully saturated rings. The lowest BCUT2D eigenvalue weighted by Gasteiger charge is -2.42. The van der Waals surface area contributed by atoms with Gasteiger partial charge in [-0.25, -0.2) is 5.01 Å². The fourth-order valence-electron chi connectivity index (χ4n) is 4.34. The van der Waals surface area contributed by atoms with Gasteiger partial charge in [-0.2, -0.15) is 0 Å². The monoisotopic (exact) mass is 367 g/mol. The number of hydrogen-bond donors (Lipinski definition) is 3. The number of rotatable bonds is 6. The van der Waals surface area contributed by atoms with E-state index in [2.05, 4.69) is 25.6 Å². The van der Waals surface area contributed by atoms with E-state index in [-0.39, 0.29) is 12.3 Å². The SMILES string of the molecule is O=C(O)CCNN1CCC(C(=O)N2CCN(C3CCNCC3)CC2)CC1. The number of hydrazine groups is 1. The molecule has 3 aliphatic heterocycles. The van der Waals surface area contributed by atoms with E-state index in [0.29, 0.717) is 18.5 Å². The van der Waals surface area contributed by atoms with Crippen LogP contribution in [0, 0.1) is 5.92 Å². The molecule has 8 heteroatoms. The van der Waals surface area contributed by atoms with Crippen molar-refractivity contribution >= 4 is 11.9 Å². The van der Waals surface area contributed by atoms with Crippen LogP contribution in [-0.4, -0.2) is 96.7 Å². The van der Waals surface area contributed by atoms with E-state index in [1.54, 1.807) is 0 Å². The van der Waals surface area contributed by atoms with Crippen LogP contribution in [0.1, 0.15) is 32.1 Å². The average Bonchev–Trinajstić information content (AvgIpc) is 2.68. The number of carbonyl (C=O) groups excluding carboxylic acids is 1. The zero-order valence-electron chi connectivity index (χ0n) is 15.7. The highest BCUT2D eigenvalue weighted by Crippen LogP contribution is 2.21. The van der Waals surface area contributed by atoms with E-state index >= 15 is 0 Å². The van der Waals surface area contributed by atoms with Crippen LogP contribution in [0.15, 0.2) is 0 Å². The van der Waals surface area contributed by atoms with Gasteiger partial charge in [0.05, 0.1) is 6.42 Å². The molecule has 3 N–H and O–H groups in total. The van der Waals surface area contributed by atoms with Gasteiger partial charge in [0.25, 0.3) is 0 Å². The van der Waals surface area contributed by atoms with Crippen molar-refractivity contribution in [3.05, 3.63) is 0 Å². The van der Waals surface area contributed by atoms with Gasteiger partial charge in [0, 0.05) is 57.8 Å². The van der Waals surface area contributed by atoms with Crippen LogP contribution in [0.4, 0.5) is 0 Å². The molecule has 0 aromatic heterocycles. The van der Waals surface area contributed by atoms with E-state index in [1.807, 2.05) is 0 Å². The number of carbonyl (C=O) groups is 2. The number of carboxylic acid groups (broad SMARTS) is 1. The molecule has 8 nitrogen and oxygen atoms in total. The number of carboxylic acids is 1. The predicted molar refractivity (Wildman–Crippen MR) is 98.6 cm³/mol. The highest BCUT2D eigenvalue weighted by atomic mass is 16.4. The molecule has 0 aromatic rings. The number of hydrogen-bond acceptors (Lipinski definition) is 6. The summed E-state index contributed by atoms with van der Waals surface area (Å²) < 4.78 is 0. The third-order valence-electron chi connectivity index (χ3n) is 5.97. The molecule has 3 heterocycles. The Morgan fingerprint density at radius 2 is 1.62 bits per heavy atom. The van der Waals surface area contributed by atoms with Crippen molar-refractivity contribution in [1.29, 1.82) is 0 Å². The molecule has 0 spiro atoms. The number of piperazine rings is 1. The lowest BCUT2D eigenvalue weighted by molar-refractivity contribution is -0.139. The molecule has 0 aromatic carbocycles. The van der Waals surface area contributed by atoms with Gasteiger partial charge in [-0.05, 0) is 38.8 Å². The van der Waals surface area contributed by atoms with Crippen LogP contribution in [-0.2, 0) is 9.59 Å². The summed E-state index contributed by atoms with van der Waals surface area (Å²) >= 11 is 0. The van der Waals surface area contributed by atoms with Gasteiger partial charge in [-0.1, -0.05) is 0 Å². The number of aliphatic carboxylic acids is 1. The molecule has 3 saturated heterocycles. The maximum atomic E-state index is 12.8. The minimum atomic E-state index is -0.786. The second-order valence-electron chi connectivity index (χ2n) is 7.66. The summed E-state index contributed by atoms with van der Waals surface area (Å²) in [5.41, 5.74) is 3.15. The Morgan fingerprint density at radius 3 is 2.23 bits per heavy atom. The van der Waals surface area contributed by atoms with Crippen molar-refractivity contribution in [1.82, 2.24) is 25.6 Å². The molecule has 0 bridgehead atoms. The predicted octanol–water partition coefficient (Wildman–Crippen LogP) is -0.426. The first-order chi connectivity index (χ1) is 12.6. The van der Waals surface area contributed by atoms with Gasteiger partial charge in [0.15, 0.2) is 0 Å². The number of amides is 1. The first kappa shape index (κ1) is 19.5. The van der Waals surface area contributed by atoms with Crippen LogP contribution >= 0.6 is 0 Å². The average molecular weight is 367 g/mol. The van der Waals surface area contributed by atoms with Gasteiger partial charge < -0.3 is 15.3 Å². The molecule has 0 aliphatic carbocycles. The van der Waals surface area contributed by atoms with Crippen LogP contribution in [0.2, 0.25) is 0 Å². The van der Waals surface area contributed by atoms with Gasteiger partial charge in [-0.15, -0.1) is 0 Å². The van der Waals surface area contributed by atoms with Crippen molar-refractivity contribution in [2.45, 2.75) is 38.1 Å². The third-order valence-corrected chi connectivity index (χ3v) is 5.97. The van der Waals surface area contributed by atoms with Crippen molar-refractivity contribution in [2.75, 3.05) is 58.9 Å². The third kappa shape index (κ3) is 5.39. The van der Waals surface area contributed by atoms with Crippen LogP contribution < -0.4 is 10.7 Å². The largest absolute Gasteiger partial charge is 0.481 e. The Labute approximate surface area is 155 Å². The summed E-state index contributed by atoms with van der Waals surface area (Å²) in [6.45, 7) is 8.03. The lowest BCUT2D eigenvalue weighted by atomic mass is 9.95. The first-order valence-corrected chi connectivity index (χ1v) is 10.1. The Kier molecular flexibility index (Phi) is 7.24. The van der Waals surface area contributed by atoms with Crippen molar-refractivity contribution in [2.24, 2.45) is 5.92 Å². The normalized spacial score (nSPS) is 24.7. The van der Waals surface area contributed by atoms with E-state index in [9.17, 15) is 9.59 Å². The zero-order valence-corrected chi connectivity index (χ0v) is 15.7. The Bertz CT molecular complexity index is 467. The highest BCUT2D eigenvalue weighted by molar-refractivity contribution is 5.79. The van der Waals surface area contributed by atoms with Crippen LogP contribution in [0.5, 0.6) is 0 Å². The van der Waals surface area contributed by atoms with E-state index in [1.165, 1.54) is 12.8 Å². The molecule has 0 unspecified atom stereocenters. The van der Waals surface area contributed by atoms with Gasteiger partial charge >= 0.3 is 5.97 Å². The summed E-state index contributed by atoms with van der Waals surface area (Å²) in [4.78, 5) is 28.0. The molecule has 1 amide bonds. The highest BCUT2D eigenvalue weighted by Gasteiger charge is 2.32. The molecule has 0 saturated carbocycles. The standard InChI is InChI=1S/C18H33N5O3/c24-17(25)3-8-20-23-9-4-15(5-10-23)18(26)22-13-11-21(12-14-22)16-1-6-19-7-2-16/h15-16,19-20H,1-14H2,(H,24,25). The molecule has 148 valence electrons. The maximum Gasteiger partial charge on any atom is 0.304 e. The lowest BCUT2D eigenvalue weighted by Crippen LogP contribution is -2.55. The summed E-state index contributed by atoms with van der Waals surface area (Å²) in [5, 5.41) is 14.2. The smallest absolute Gasteiger partial charge is 0.304 e. The topological polar surface area (TPSA) is 88.1 Å². The van der Waals surface area contributed by atoms with E-state index in [0.717, 1.165) is 65.2 Å². The molecule has 3 aliphatic rings. The quantitative estimate of drug-likeness (QED) is 0.587. The number of nitrogens with one attached hydrogen (secondary N) is 2. The Morgan fingerprint density at radius 1 is 0.962 bits per heavy atom. The summed E-state index contributed by atoms with van der Waals surface area (Å²) in [6, 6.07) is 0.689. The molecular formula is C18H33N5O3. The van der Waals surface area contributed by atoms with Gasteiger partial charge in [0.2, 0.25) is 5.91 Å². The Balaban J connectivity index is 1.36. The first-order valence-electron chi connectivity index (χ1n) is 10.1. The van der Waals surface area contributed by atoms with Crippen molar-refractivity contribution in [3.63, 3.8) is 0 Å². The summed E-state index contributed by atoms with van der Waals surface area (Å²) in [7, 11) is 0. The Hall–Kier alpha value is -1.22. The van der Waals surface area contributed by atoms with E-state index in [4.69, 9.17) is 5.11 Å². The van der Waals surface area contributed by atoms with E-state index < -0.39 is 5.97 Å². The molecule has 0 atom stereocenters. The zero-order chi connectivity index (χ0) is 18.4. The molecular weight excluding hydrogens is 334 g/mol. The second kappa shape index (κ2) is 9.64. The molecule has 26 heavy (non-hydrogen) atoms. The number of nitrogens with zero attached hydrogens (tertiary/aromatic N) is 3. The van der Waals surface area contributed by atoms with Crippen LogP contribution in [0.3, 0.4) is 0 Å². The van der Waals surface area contributed by atoms with Gasteiger partial charge in [-0.3, -0.25) is 19.9 Å². The minimum absolute atomic E-state index is 0.123. The van der Waals surface area contributed by atoms with Crippen molar-refractivity contribution in [3.8, 4) is 0 Å². The van der Waals surface area contributed by atoms with Gasteiger partial charge in [0.1, 0.15) is 0 Å². The fraction of sp³-hybridized carbons (Fsp3) is 0.889. The fourth-order valence-corrected chi connectivity index (χ4v) is 4.34. The van der Waals surface area contributed by atoms with Crippen molar-refractivity contribution < 1.29 is 14.7 Å². The second-order valence-corrected chi connectivity index (χ2v) is 7.66.